The van der Waals surface area contributed by atoms with Gasteiger partial charge < -0.3 is 0 Å². The molecule has 0 bridgehead atoms. The monoisotopic (exact) mass is 149 g/mol. The summed E-state index contributed by atoms with van der Waals surface area (Å²) in [6, 6.07) is 1.49. The van der Waals surface area contributed by atoms with E-state index in [1.54, 1.807) is 19.2 Å². The van der Waals surface area contributed by atoms with Crippen LogP contribution in [0.4, 0.5) is 0 Å². The highest BCUT2D eigenvalue weighted by molar-refractivity contribution is 5.34. The van der Waals surface area contributed by atoms with E-state index < -0.39 is 0 Å². The summed E-state index contributed by atoms with van der Waals surface area (Å²) in [6.07, 6.45) is 4.51. The van der Waals surface area contributed by atoms with Crippen molar-refractivity contribution in [1.29, 1.82) is 0 Å². The molecule has 0 radical (unpaired) electrons. The van der Waals surface area contributed by atoms with Crippen molar-refractivity contribution >= 4 is 6.08 Å². The van der Waals surface area contributed by atoms with Crippen LogP contribution in [0.2, 0.25) is 0 Å². The van der Waals surface area contributed by atoms with E-state index in [-0.39, 0.29) is 6.04 Å². The van der Waals surface area contributed by atoms with Crippen LogP contribution in [0.3, 0.4) is 0 Å². The fourth-order valence-electron chi connectivity index (χ4n) is 0.693. The summed E-state index contributed by atoms with van der Waals surface area (Å²) in [5.74, 6) is 0. The molecule has 0 saturated heterocycles. The molecule has 0 spiro atoms. The molecule has 4 heteroatoms. The maximum Gasteiger partial charge on any atom is 0.235 e. The van der Waals surface area contributed by atoms with E-state index in [1.807, 2.05) is 0 Å². The number of hydrogen-bond acceptors (Lipinski definition) is 4. The largest absolute Gasteiger partial charge is 0.245 e. The van der Waals surface area contributed by atoms with Crippen LogP contribution in [0.15, 0.2) is 23.6 Å². The molecular formula is C7H7N3O. The van der Waals surface area contributed by atoms with Gasteiger partial charge in [0, 0.05) is 6.20 Å². The topological polar surface area (TPSA) is 55.2 Å². The number of nitrogens with zero attached hydrogens (tertiary/aromatic N) is 3. The van der Waals surface area contributed by atoms with Crippen molar-refractivity contribution < 1.29 is 4.79 Å². The van der Waals surface area contributed by atoms with Gasteiger partial charge in [0.05, 0.1) is 5.69 Å². The van der Waals surface area contributed by atoms with Gasteiger partial charge in [-0.1, -0.05) is 0 Å². The molecule has 1 unspecified atom stereocenters. The molecule has 0 aromatic carbocycles. The smallest absolute Gasteiger partial charge is 0.235 e. The van der Waals surface area contributed by atoms with E-state index in [0.29, 0.717) is 0 Å². The molecule has 1 aromatic heterocycles. The van der Waals surface area contributed by atoms with Crippen molar-refractivity contribution in [3.05, 3.63) is 24.3 Å². The van der Waals surface area contributed by atoms with Crippen LogP contribution in [-0.2, 0) is 4.79 Å². The van der Waals surface area contributed by atoms with Gasteiger partial charge in [-0.3, -0.25) is 0 Å². The molecule has 1 atom stereocenters. The summed E-state index contributed by atoms with van der Waals surface area (Å²) in [5, 5.41) is 0. The fraction of sp³-hybridized carbons (Fsp3) is 0.286. The summed E-state index contributed by atoms with van der Waals surface area (Å²) in [5.41, 5.74) is 0.725. The van der Waals surface area contributed by atoms with E-state index in [9.17, 15) is 4.79 Å². The number of carbonyl (C=O) groups excluding carboxylic acids is 1. The lowest BCUT2D eigenvalue weighted by molar-refractivity contribution is 0.559. The van der Waals surface area contributed by atoms with Crippen LogP contribution in [0.25, 0.3) is 0 Å². The predicted molar refractivity (Wildman–Crippen MR) is 38.6 cm³/mol. The molecule has 11 heavy (non-hydrogen) atoms. The van der Waals surface area contributed by atoms with Gasteiger partial charge in [-0.05, 0) is 13.0 Å². The van der Waals surface area contributed by atoms with Crippen LogP contribution in [0.1, 0.15) is 18.7 Å². The first-order chi connectivity index (χ1) is 5.34. The molecule has 0 aliphatic heterocycles. The molecule has 1 heterocycles. The van der Waals surface area contributed by atoms with Gasteiger partial charge in [-0.25, -0.2) is 14.8 Å². The Balaban J connectivity index is 2.84. The zero-order valence-corrected chi connectivity index (χ0v) is 6.06. The number of aromatic nitrogens is 2. The normalized spacial score (nSPS) is 11.7. The van der Waals surface area contributed by atoms with Crippen molar-refractivity contribution in [3.63, 3.8) is 0 Å². The first kappa shape index (κ1) is 7.57. The SMILES string of the molecule is CC(N=C=O)c1ccncn1. The van der Waals surface area contributed by atoms with Crippen LogP contribution in [0, 0.1) is 0 Å². The second-order valence-corrected chi connectivity index (χ2v) is 2.03. The van der Waals surface area contributed by atoms with E-state index in [4.69, 9.17) is 0 Å². The van der Waals surface area contributed by atoms with Crippen molar-refractivity contribution in [2.24, 2.45) is 4.99 Å². The molecule has 0 N–H and O–H groups in total. The van der Waals surface area contributed by atoms with Crippen molar-refractivity contribution in [2.45, 2.75) is 13.0 Å². The molecule has 0 amide bonds. The highest BCUT2D eigenvalue weighted by Crippen LogP contribution is 2.10. The molecule has 0 aliphatic carbocycles. The van der Waals surface area contributed by atoms with Gasteiger partial charge in [0.2, 0.25) is 6.08 Å². The highest BCUT2D eigenvalue weighted by atomic mass is 16.1. The van der Waals surface area contributed by atoms with Crippen molar-refractivity contribution in [1.82, 2.24) is 9.97 Å². The van der Waals surface area contributed by atoms with Gasteiger partial charge in [0.15, 0.2) is 0 Å². The third-order valence-corrected chi connectivity index (χ3v) is 1.28. The second-order valence-electron chi connectivity index (χ2n) is 2.03. The minimum absolute atomic E-state index is 0.226. The predicted octanol–water partition coefficient (Wildman–Crippen LogP) is 0.873. The quantitative estimate of drug-likeness (QED) is 0.463. The Hall–Kier alpha value is -1.54. The van der Waals surface area contributed by atoms with Gasteiger partial charge in [0.1, 0.15) is 12.4 Å². The molecular weight excluding hydrogens is 142 g/mol. The minimum Gasteiger partial charge on any atom is -0.245 e. The third-order valence-electron chi connectivity index (χ3n) is 1.28. The first-order valence-electron chi connectivity index (χ1n) is 3.17. The Morgan fingerprint density at radius 1 is 1.73 bits per heavy atom. The highest BCUT2D eigenvalue weighted by Gasteiger charge is 2.01. The number of isocyanates is 1. The number of rotatable bonds is 2. The fourth-order valence-corrected chi connectivity index (χ4v) is 0.693. The molecule has 0 aliphatic rings. The van der Waals surface area contributed by atoms with Crippen molar-refractivity contribution in [3.8, 4) is 0 Å². The molecule has 56 valence electrons. The Kier molecular flexibility index (Phi) is 2.47. The summed E-state index contributed by atoms with van der Waals surface area (Å²) in [7, 11) is 0. The lowest BCUT2D eigenvalue weighted by atomic mass is 10.2. The second kappa shape index (κ2) is 3.58. The zero-order valence-electron chi connectivity index (χ0n) is 6.06. The summed E-state index contributed by atoms with van der Waals surface area (Å²) in [4.78, 5) is 21.0. The summed E-state index contributed by atoms with van der Waals surface area (Å²) < 4.78 is 0. The van der Waals surface area contributed by atoms with E-state index in [2.05, 4.69) is 15.0 Å². The van der Waals surface area contributed by atoms with E-state index in [0.717, 1.165) is 5.69 Å². The summed E-state index contributed by atoms with van der Waals surface area (Å²) >= 11 is 0. The average molecular weight is 149 g/mol. The first-order valence-corrected chi connectivity index (χ1v) is 3.17. The van der Waals surface area contributed by atoms with Gasteiger partial charge >= 0.3 is 0 Å². The maximum absolute atomic E-state index is 9.85. The van der Waals surface area contributed by atoms with Gasteiger partial charge in [-0.2, -0.15) is 4.99 Å². The lowest BCUT2D eigenvalue weighted by Crippen LogP contribution is -1.92. The summed E-state index contributed by atoms with van der Waals surface area (Å²) in [6.45, 7) is 1.77. The maximum atomic E-state index is 9.85. The van der Waals surface area contributed by atoms with E-state index >= 15 is 0 Å². The minimum atomic E-state index is -0.226. The Morgan fingerprint density at radius 3 is 3.09 bits per heavy atom. The Morgan fingerprint density at radius 2 is 2.55 bits per heavy atom. The van der Waals surface area contributed by atoms with Gasteiger partial charge in [0.25, 0.3) is 0 Å². The number of aliphatic imine (C=N–C) groups is 1. The molecule has 1 rings (SSSR count). The van der Waals surface area contributed by atoms with E-state index in [1.165, 1.54) is 12.4 Å². The molecule has 0 saturated carbocycles. The van der Waals surface area contributed by atoms with Crippen molar-refractivity contribution in [2.75, 3.05) is 0 Å². The standard InChI is InChI=1S/C7H7N3O/c1-6(10-5-11)7-2-3-8-4-9-7/h2-4,6H,1H3. The Bertz CT molecular complexity index is 266. The van der Waals surface area contributed by atoms with Crippen LogP contribution < -0.4 is 0 Å². The average Bonchev–Trinajstić information content (AvgIpc) is 2.07. The van der Waals surface area contributed by atoms with Crippen LogP contribution >= 0.6 is 0 Å². The molecule has 1 aromatic rings. The van der Waals surface area contributed by atoms with Crippen LogP contribution in [0.5, 0.6) is 0 Å². The van der Waals surface area contributed by atoms with Gasteiger partial charge in [-0.15, -0.1) is 0 Å². The lowest BCUT2D eigenvalue weighted by Gasteiger charge is -1.99. The van der Waals surface area contributed by atoms with Crippen LogP contribution in [-0.4, -0.2) is 16.0 Å². The molecule has 0 fully saturated rings. The Labute approximate surface area is 64.0 Å². The number of hydrogen-bond donors (Lipinski definition) is 0. The third kappa shape index (κ3) is 1.95. The zero-order chi connectivity index (χ0) is 8.10. The molecule has 4 nitrogen and oxygen atoms in total.